The fourth-order valence-electron chi connectivity index (χ4n) is 2.17. The highest BCUT2D eigenvalue weighted by Crippen LogP contribution is 2.26. The zero-order valence-corrected chi connectivity index (χ0v) is 12.5. The Bertz CT molecular complexity index is 414. The number of hydrogen-bond acceptors (Lipinski definition) is 5. The SMILES string of the molecule is CC(C)(C)OC(=O)NCC1CCCN1c1nccs1. The van der Waals surface area contributed by atoms with Crippen LogP contribution in [0.5, 0.6) is 0 Å². The summed E-state index contributed by atoms with van der Waals surface area (Å²) in [5.74, 6) is 0. The van der Waals surface area contributed by atoms with Crippen LogP contribution in [0, 0.1) is 0 Å². The lowest BCUT2D eigenvalue weighted by Gasteiger charge is -2.25. The topological polar surface area (TPSA) is 54.5 Å². The van der Waals surface area contributed by atoms with Crippen LogP contribution in [0.2, 0.25) is 0 Å². The van der Waals surface area contributed by atoms with Crippen LogP contribution in [0.3, 0.4) is 0 Å². The van der Waals surface area contributed by atoms with E-state index >= 15 is 0 Å². The van der Waals surface area contributed by atoms with Gasteiger partial charge in [-0.2, -0.15) is 0 Å². The van der Waals surface area contributed by atoms with Gasteiger partial charge in [-0.05, 0) is 33.6 Å². The minimum atomic E-state index is -0.450. The molecule has 1 amide bonds. The first kappa shape index (κ1) is 14.1. The fraction of sp³-hybridized carbons (Fsp3) is 0.692. The van der Waals surface area contributed by atoms with Crippen molar-refractivity contribution in [3.05, 3.63) is 11.6 Å². The van der Waals surface area contributed by atoms with E-state index in [2.05, 4.69) is 15.2 Å². The lowest BCUT2D eigenvalue weighted by atomic mass is 10.2. The highest BCUT2D eigenvalue weighted by atomic mass is 32.1. The van der Waals surface area contributed by atoms with Crippen molar-refractivity contribution in [2.24, 2.45) is 0 Å². The maximum Gasteiger partial charge on any atom is 0.407 e. The second kappa shape index (κ2) is 5.77. The maximum absolute atomic E-state index is 11.6. The third-order valence-corrected chi connectivity index (χ3v) is 3.73. The molecule has 1 N–H and O–H groups in total. The molecule has 6 heteroatoms. The number of nitrogens with one attached hydrogen (secondary N) is 1. The number of nitrogens with zero attached hydrogens (tertiary/aromatic N) is 2. The Morgan fingerprint density at radius 2 is 2.42 bits per heavy atom. The minimum Gasteiger partial charge on any atom is -0.444 e. The van der Waals surface area contributed by atoms with Gasteiger partial charge in [0.15, 0.2) is 5.13 Å². The van der Waals surface area contributed by atoms with Crippen molar-refractivity contribution in [1.29, 1.82) is 0 Å². The van der Waals surface area contributed by atoms with Gasteiger partial charge in [-0.1, -0.05) is 0 Å². The van der Waals surface area contributed by atoms with E-state index in [9.17, 15) is 4.79 Å². The van der Waals surface area contributed by atoms with Crippen LogP contribution in [0.4, 0.5) is 9.93 Å². The predicted molar refractivity (Wildman–Crippen MR) is 76.7 cm³/mol. The van der Waals surface area contributed by atoms with E-state index in [-0.39, 0.29) is 6.09 Å². The molecule has 19 heavy (non-hydrogen) atoms. The summed E-state index contributed by atoms with van der Waals surface area (Å²) < 4.78 is 5.24. The molecule has 0 spiro atoms. The second-order valence-corrected chi connectivity index (χ2v) is 6.56. The van der Waals surface area contributed by atoms with Crippen molar-refractivity contribution in [1.82, 2.24) is 10.3 Å². The largest absolute Gasteiger partial charge is 0.444 e. The number of rotatable bonds is 3. The van der Waals surface area contributed by atoms with Gasteiger partial charge in [0.25, 0.3) is 0 Å². The summed E-state index contributed by atoms with van der Waals surface area (Å²) in [7, 11) is 0. The molecular formula is C13H21N3O2S. The third kappa shape index (κ3) is 4.09. The summed E-state index contributed by atoms with van der Waals surface area (Å²) in [6.07, 6.45) is 3.69. The lowest BCUT2D eigenvalue weighted by molar-refractivity contribution is 0.0525. The monoisotopic (exact) mass is 283 g/mol. The van der Waals surface area contributed by atoms with Gasteiger partial charge < -0.3 is 15.0 Å². The zero-order chi connectivity index (χ0) is 13.9. The minimum absolute atomic E-state index is 0.318. The summed E-state index contributed by atoms with van der Waals surface area (Å²) in [6.45, 7) is 7.21. The number of anilines is 1. The summed E-state index contributed by atoms with van der Waals surface area (Å²) >= 11 is 1.64. The van der Waals surface area contributed by atoms with E-state index in [1.807, 2.05) is 32.3 Å². The van der Waals surface area contributed by atoms with Crippen molar-refractivity contribution in [3.8, 4) is 0 Å². The van der Waals surface area contributed by atoms with Gasteiger partial charge in [0.1, 0.15) is 5.60 Å². The molecule has 0 aliphatic carbocycles. The first-order valence-corrected chi connectivity index (χ1v) is 7.47. The predicted octanol–water partition coefficient (Wildman–Crippen LogP) is 2.64. The molecule has 0 saturated carbocycles. The van der Waals surface area contributed by atoms with Crippen LogP contribution in [0.25, 0.3) is 0 Å². The van der Waals surface area contributed by atoms with E-state index in [0.29, 0.717) is 12.6 Å². The molecule has 0 radical (unpaired) electrons. The summed E-state index contributed by atoms with van der Waals surface area (Å²) in [5.41, 5.74) is -0.450. The Morgan fingerprint density at radius 3 is 3.05 bits per heavy atom. The van der Waals surface area contributed by atoms with Gasteiger partial charge in [-0.15, -0.1) is 11.3 Å². The van der Waals surface area contributed by atoms with E-state index in [1.165, 1.54) is 0 Å². The van der Waals surface area contributed by atoms with Crippen molar-refractivity contribution in [2.75, 3.05) is 18.0 Å². The van der Waals surface area contributed by atoms with Gasteiger partial charge >= 0.3 is 6.09 Å². The van der Waals surface area contributed by atoms with E-state index < -0.39 is 5.60 Å². The van der Waals surface area contributed by atoms with Crippen LogP contribution in [-0.4, -0.2) is 35.8 Å². The Kier molecular flexibility index (Phi) is 4.29. The van der Waals surface area contributed by atoms with Crippen molar-refractivity contribution >= 4 is 22.6 Å². The first-order chi connectivity index (χ1) is 8.96. The number of amides is 1. The number of thiazole rings is 1. The van der Waals surface area contributed by atoms with Crippen LogP contribution in [-0.2, 0) is 4.74 Å². The molecule has 0 aromatic carbocycles. The van der Waals surface area contributed by atoms with Crippen LogP contribution in [0.15, 0.2) is 11.6 Å². The standard InChI is InChI=1S/C13H21N3O2S/c1-13(2,3)18-12(17)15-9-10-5-4-7-16(10)11-14-6-8-19-11/h6,8,10H,4-5,7,9H2,1-3H3,(H,15,17). The summed E-state index contributed by atoms with van der Waals surface area (Å²) in [4.78, 5) is 18.2. The second-order valence-electron chi connectivity index (χ2n) is 5.69. The average Bonchev–Trinajstić information content (AvgIpc) is 2.94. The maximum atomic E-state index is 11.6. The van der Waals surface area contributed by atoms with Gasteiger partial charge in [-0.25, -0.2) is 9.78 Å². The lowest BCUT2D eigenvalue weighted by Crippen LogP contribution is -2.42. The molecular weight excluding hydrogens is 262 g/mol. The molecule has 106 valence electrons. The molecule has 2 heterocycles. The Hall–Kier alpha value is -1.30. The van der Waals surface area contributed by atoms with Crippen molar-refractivity contribution in [2.45, 2.75) is 45.3 Å². The summed E-state index contributed by atoms with van der Waals surface area (Å²) in [5, 5.41) is 5.86. The Balaban J connectivity index is 1.84. The van der Waals surface area contributed by atoms with Gasteiger partial charge in [0.05, 0.1) is 0 Å². The number of ether oxygens (including phenoxy) is 1. The quantitative estimate of drug-likeness (QED) is 0.926. The highest BCUT2D eigenvalue weighted by molar-refractivity contribution is 7.13. The zero-order valence-electron chi connectivity index (χ0n) is 11.7. The third-order valence-electron chi connectivity index (χ3n) is 2.92. The van der Waals surface area contributed by atoms with Gasteiger partial charge in [-0.3, -0.25) is 0 Å². The molecule has 2 rings (SSSR count). The number of carbonyl (C=O) groups is 1. The first-order valence-electron chi connectivity index (χ1n) is 6.59. The van der Waals surface area contributed by atoms with Crippen molar-refractivity contribution in [3.63, 3.8) is 0 Å². The Labute approximate surface area is 118 Å². The molecule has 1 unspecified atom stereocenters. The van der Waals surface area contributed by atoms with Gasteiger partial charge in [0, 0.05) is 30.7 Å². The molecule has 1 saturated heterocycles. The van der Waals surface area contributed by atoms with Gasteiger partial charge in [0.2, 0.25) is 0 Å². The summed E-state index contributed by atoms with van der Waals surface area (Å²) in [6, 6.07) is 0.318. The smallest absolute Gasteiger partial charge is 0.407 e. The molecule has 5 nitrogen and oxygen atoms in total. The molecule has 1 fully saturated rings. The van der Waals surface area contributed by atoms with E-state index in [1.54, 1.807) is 11.3 Å². The average molecular weight is 283 g/mol. The molecule has 1 aromatic rings. The van der Waals surface area contributed by atoms with E-state index in [4.69, 9.17) is 4.74 Å². The molecule has 1 aliphatic heterocycles. The van der Waals surface area contributed by atoms with E-state index in [0.717, 1.165) is 24.5 Å². The molecule has 1 aliphatic rings. The van der Waals surface area contributed by atoms with Crippen LogP contribution >= 0.6 is 11.3 Å². The molecule has 0 bridgehead atoms. The molecule has 1 aromatic heterocycles. The fourth-order valence-corrected chi connectivity index (χ4v) is 2.91. The normalized spacial score (nSPS) is 19.5. The van der Waals surface area contributed by atoms with Crippen LogP contribution in [0.1, 0.15) is 33.6 Å². The Morgan fingerprint density at radius 1 is 1.63 bits per heavy atom. The number of aromatic nitrogens is 1. The number of hydrogen-bond donors (Lipinski definition) is 1. The van der Waals surface area contributed by atoms with Crippen molar-refractivity contribution < 1.29 is 9.53 Å². The number of carbonyl (C=O) groups excluding carboxylic acids is 1. The highest BCUT2D eigenvalue weighted by Gasteiger charge is 2.27. The number of alkyl carbamates (subject to hydrolysis) is 1. The van der Waals surface area contributed by atoms with Crippen LogP contribution < -0.4 is 10.2 Å². The molecule has 1 atom stereocenters.